The second-order valence-electron chi connectivity index (χ2n) is 7.06. The lowest BCUT2D eigenvalue weighted by Crippen LogP contribution is -2.54. The van der Waals surface area contributed by atoms with Gasteiger partial charge in [-0.1, -0.05) is 23.7 Å². The van der Waals surface area contributed by atoms with E-state index in [1.807, 2.05) is 33.7 Å². The van der Waals surface area contributed by atoms with E-state index >= 15 is 0 Å². The number of amides is 1. The molecule has 1 aliphatic heterocycles. The summed E-state index contributed by atoms with van der Waals surface area (Å²) in [4.78, 5) is 21.1. The van der Waals surface area contributed by atoms with Gasteiger partial charge < -0.3 is 19.7 Å². The molecule has 2 heterocycles. The topological polar surface area (TPSA) is 78.7 Å². The molecule has 2 aromatic rings. The zero-order valence-corrected chi connectivity index (χ0v) is 20.3. The number of rotatable bonds is 7. The molecular formula is C20H29ClIN7O. The molecular weight excluding hydrogens is 517 g/mol. The van der Waals surface area contributed by atoms with Crippen molar-refractivity contribution < 1.29 is 4.79 Å². The maximum atomic E-state index is 12.6. The van der Waals surface area contributed by atoms with Gasteiger partial charge >= 0.3 is 0 Å². The van der Waals surface area contributed by atoms with E-state index in [4.69, 9.17) is 11.6 Å². The van der Waals surface area contributed by atoms with E-state index in [1.165, 1.54) is 0 Å². The predicted molar refractivity (Wildman–Crippen MR) is 129 cm³/mol. The Morgan fingerprint density at radius 3 is 2.50 bits per heavy atom. The molecule has 0 spiro atoms. The standard InChI is InChI=1S/C20H28ClN7O.HI/c1-22-20(23-7-2-3-8-26-15-24-25-16-26)28-11-9-27(10-12-28)19(29)14-17-5-4-6-18(21)13-17;/h4-6,13,15-16H,2-3,7-12,14H2,1H3,(H,22,23);1H. The molecule has 1 aliphatic rings. The summed E-state index contributed by atoms with van der Waals surface area (Å²) in [7, 11) is 1.80. The average Bonchev–Trinajstić information content (AvgIpc) is 3.24. The van der Waals surface area contributed by atoms with Crippen molar-refractivity contribution in [3.05, 3.63) is 47.5 Å². The number of nitrogens with zero attached hydrogens (tertiary/aromatic N) is 6. The second kappa shape index (κ2) is 12.7. The highest BCUT2D eigenvalue weighted by Crippen LogP contribution is 2.13. The molecule has 8 nitrogen and oxygen atoms in total. The Hall–Kier alpha value is -1.88. The summed E-state index contributed by atoms with van der Waals surface area (Å²) in [6.45, 7) is 4.74. The number of aryl methyl sites for hydroxylation is 1. The first-order valence-electron chi connectivity index (χ1n) is 9.96. The van der Waals surface area contributed by atoms with Crippen LogP contribution in [0.15, 0.2) is 41.9 Å². The van der Waals surface area contributed by atoms with Crippen molar-refractivity contribution in [2.45, 2.75) is 25.8 Å². The van der Waals surface area contributed by atoms with E-state index in [-0.39, 0.29) is 29.9 Å². The Morgan fingerprint density at radius 2 is 1.83 bits per heavy atom. The highest BCUT2D eigenvalue weighted by molar-refractivity contribution is 14.0. The van der Waals surface area contributed by atoms with Crippen molar-refractivity contribution in [1.82, 2.24) is 29.9 Å². The maximum Gasteiger partial charge on any atom is 0.227 e. The quantitative estimate of drug-likeness (QED) is 0.250. The molecule has 3 rings (SSSR count). The van der Waals surface area contributed by atoms with E-state index in [0.29, 0.717) is 24.5 Å². The number of hydrogen-bond donors (Lipinski definition) is 1. The first kappa shape index (κ1) is 24.4. The molecule has 1 saturated heterocycles. The smallest absolute Gasteiger partial charge is 0.227 e. The number of nitrogens with one attached hydrogen (secondary N) is 1. The summed E-state index contributed by atoms with van der Waals surface area (Å²) in [5.74, 6) is 1.04. The zero-order valence-electron chi connectivity index (χ0n) is 17.2. The summed E-state index contributed by atoms with van der Waals surface area (Å²) >= 11 is 6.01. The summed E-state index contributed by atoms with van der Waals surface area (Å²) < 4.78 is 1.98. The predicted octanol–water partition coefficient (Wildman–Crippen LogP) is 2.29. The molecule has 0 atom stereocenters. The lowest BCUT2D eigenvalue weighted by Gasteiger charge is -2.36. The molecule has 1 aromatic heterocycles. The molecule has 1 amide bonds. The van der Waals surface area contributed by atoms with Gasteiger partial charge in [-0.25, -0.2) is 0 Å². The van der Waals surface area contributed by atoms with Gasteiger partial charge in [-0.2, -0.15) is 0 Å². The number of aliphatic imine (C=N–C) groups is 1. The molecule has 164 valence electrons. The lowest BCUT2D eigenvalue weighted by molar-refractivity contribution is -0.131. The molecule has 0 bridgehead atoms. The van der Waals surface area contributed by atoms with Crippen LogP contribution in [0.4, 0.5) is 0 Å². The van der Waals surface area contributed by atoms with E-state index in [9.17, 15) is 4.79 Å². The van der Waals surface area contributed by atoms with Gasteiger partial charge in [0.2, 0.25) is 5.91 Å². The van der Waals surface area contributed by atoms with Gasteiger partial charge in [0.15, 0.2) is 5.96 Å². The van der Waals surface area contributed by atoms with Crippen LogP contribution in [0.5, 0.6) is 0 Å². The summed E-state index contributed by atoms with van der Waals surface area (Å²) in [6, 6.07) is 7.49. The van der Waals surface area contributed by atoms with Gasteiger partial charge in [-0.3, -0.25) is 9.79 Å². The van der Waals surface area contributed by atoms with Crippen LogP contribution >= 0.6 is 35.6 Å². The monoisotopic (exact) mass is 545 g/mol. The maximum absolute atomic E-state index is 12.6. The van der Waals surface area contributed by atoms with E-state index in [2.05, 4.69) is 25.4 Å². The fourth-order valence-electron chi connectivity index (χ4n) is 3.39. The number of halogens is 2. The Morgan fingerprint density at radius 1 is 1.13 bits per heavy atom. The molecule has 1 N–H and O–H groups in total. The largest absolute Gasteiger partial charge is 0.356 e. The van der Waals surface area contributed by atoms with E-state index in [0.717, 1.165) is 50.5 Å². The molecule has 1 aromatic carbocycles. The van der Waals surface area contributed by atoms with Crippen LogP contribution in [0, 0.1) is 0 Å². The Bertz CT molecular complexity index is 807. The van der Waals surface area contributed by atoms with Gasteiger partial charge in [0, 0.05) is 51.3 Å². The molecule has 1 fully saturated rings. The number of unbranched alkanes of at least 4 members (excludes halogenated alkanes) is 1. The summed E-state index contributed by atoms with van der Waals surface area (Å²) in [5.41, 5.74) is 0.953. The van der Waals surface area contributed by atoms with Crippen LogP contribution in [0.3, 0.4) is 0 Å². The van der Waals surface area contributed by atoms with Crippen molar-refractivity contribution in [3.63, 3.8) is 0 Å². The molecule has 0 saturated carbocycles. The molecule has 30 heavy (non-hydrogen) atoms. The lowest BCUT2D eigenvalue weighted by atomic mass is 10.1. The fraction of sp³-hybridized carbons (Fsp3) is 0.500. The van der Waals surface area contributed by atoms with E-state index in [1.54, 1.807) is 19.7 Å². The molecule has 0 radical (unpaired) electrons. The van der Waals surface area contributed by atoms with Crippen LogP contribution in [0.25, 0.3) is 0 Å². The average molecular weight is 546 g/mol. The second-order valence-corrected chi connectivity index (χ2v) is 7.49. The van der Waals surface area contributed by atoms with Gasteiger partial charge in [-0.15, -0.1) is 34.2 Å². The van der Waals surface area contributed by atoms with Crippen molar-refractivity contribution in [2.24, 2.45) is 4.99 Å². The van der Waals surface area contributed by atoms with Crippen LogP contribution in [-0.2, 0) is 17.8 Å². The number of piperazine rings is 1. The van der Waals surface area contributed by atoms with Crippen molar-refractivity contribution in [2.75, 3.05) is 39.8 Å². The first-order valence-corrected chi connectivity index (χ1v) is 10.3. The number of benzene rings is 1. The summed E-state index contributed by atoms with van der Waals surface area (Å²) in [5, 5.41) is 11.7. The van der Waals surface area contributed by atoms with Gasteiger partial charge in [0.25, 0.3) is 0 Å². The first-order chi connectivity index (χ1) is 14.2. The summed E-state index contributed by atoms with van der Waals surface area (Å²) in [6.07, 6.45) is 5.95. The van der Waals surface area contributed by atoms with Crippen molar-refractivity contribution in [1.29, 1.82) is 0 Å². The molecule has 0 unspecified atom stereocenters. The zero-order chi connectivity index (χ0) is 20.5. The van der Waals surface area contributed by atoms with Gasteiger partial charge in [0.05, 0.1) is 6.42 Å². The van der Waals surface area contributed by atoms with Crippen molar-refractivity contribution >= 4 is 47.4 Å². The van der Waals surface area contributed by atoms with Crippen LogP contribution < -0.4 is 5.32 Å². The van der Waals surface area contributed by atoms with Crippen molar-refractivity contribution in [3.8, 4) is 0 Å². The van der Waals surface area contributed by atoms with Gasteiger partial charge in [0.1, 0.15) is 12.7 Å². The number of aromatic nitrogens is 3. The van der Waals surface area contributed by atoms with Gasteiger partial charge in [-0.05, 0) is 30.5 Å². The SMILES string of the molecule is CN=C(NCCCCn1cnnc1)N1CCN(C(=O)Cc2cccc(Cl)c2)CC1.I. The fourth-order valence-corrected chi connectivity index (χ4v) is 3.60. The number of guanidine groups is 1. The van der Waals surface area contributed by atoms with E-state index < -0.39 is 0 Å². The third-order valence-corrected chi connectivity index (χ3v) is 5.22. The van der Waals surface area contributed by atoms with Crippen LogP contribution in [0.2, 0.25) is 5.02 Å². The minimum atomic E-state index is 0. The Labute approximate surface area is 199 Å². The highest BCUT2D eigenvalue weighted by Gasteiger charge is 2.23. The van der Waals surface area contributed by atoms with Crippen LogP contribution in [-0.4, -0.2) is 76.2 Å². The van der Waals surface area contributed by atoms with Crippen LogP contribution in [0.1, 0.15) is 18.4 Å². The highest BCUT2D eigenvalue weighted by atomic mass is 127. The minimum absolute atomic E-state index is 0. The third kappa shape index (κ3) is 7.42. The third-order valence-electron chi connectivity index (χ3n) is 4.98. The normalized spacial score (nSPS) is 14.4. The number of hydrogen-bond acceptors (Lipinski definition) is 4. The minimum Gasteiger partial charge on any atom is -0.356 e. The number of carbonyl (C=O) groups is 1. The Kier molecular flexibility index (Phi) is 10.4. The number of carbonyl (C=O) groups excluding carboxylic acids is 1. The molecule has 0 aliphatic carbocycles. The molecule has 10 heteroatoms. The Balaban J connectivity index is 0.00000320.